The molecular formula is C35H27NO3. The van der Waals surface area contributed by atoms with Crippen LogP contribution >= 0.6 is 0 Å². The number of aliphatic hydroxyl groups is 1. The van der Waals surface area contributed by atoms with Gasteiger partial charge >= 0.3 is 0 Å². The van der Waals surface area contributed by atoms with Crippen LogP contribution in [0.2, 0.25) is 0 Å². The van der Waals surface area contributed by atoms with Crippen LogP contribution in [0.15, 0.2) is 103 Å². The molecule has 1 saturated heterocycles. The molecule has 190 valence electrons. The summed E-state index contributed by atoms with van der Waals surface area (Å²) in [4.78, 5) is 29.9. The standard InChI is InChI=1S/C35H27NO3/c1-19(33(37)20-9-3-2-4-10-20)36-34(38)31-29-25-15-21-11-5-6-12-22(21)16-26(25)30(32(31)35(36)39)28-18-24-14-8-7-13-23(24)17-27(28)29/h2-19,29-33,37H,1H3/t19-,29?,30?,31-,32+,33-/m0/s1. The molecule has 5 aromatic carbocycles. The second kappa shape index (κ2) is 8.11. The zero-order valence-corrected chi connectivity index (χ0v) is 21.5. The lowest BCUT2D eigenvalue weighted by Gasteiger charge is -2.46. The zero-order chi connectivity index (χ0) is 26.4. The predicted octanol–water partition coefficient (Wildman–Crippen LogP) is 6.31. The average Bonchev–Trinajstić information content (AvgIpc) is 3.24. The van der Waals surface area contributed by atoms with Gasteiger partial charge in [-0.3, -0.25) is 14.5 Å². The Labute approximate surface area is 226 Å². The summed E-state index contributed by atoms with van der Waals surface area (Å²) in [5.74, 6) is -1.70. The number of carbonyl (C=O) groups excluding carboxylic acids is 2. The van der Waals surface area contributed by atoms with Gasteiger partial charge in [-0.1, -0.05) is 103 Å². The van der Waals surface area contributed by atoms with Gasteiger partial charge in [0.05, 0.1) is 24.0 Å². The largest absolute Gasteiger partial charge is 0.386 e. The number of rotatable bonds is 3. The van der Waals surface area contributed by atoms with Gasteiger partial charge in [0.15, 0.2) is 0 Å². The highest BCUT2D eigenvalue weighted by molar-refractivity contribution is 6.08. The molecule has 5 aromatic rings. The van der Waals surface area contributed by atoms with E-state index in [2.05, 4.69) is 48.5 Å². The molecule has 1 aliphatic heterocycles. The van der Waals surface area contributed by atoms with E-state index < -0.39 is 24.0 Å². The van der Waals surface area contributed by atoms with Gasteiger partial charge < -0.3 is 5.11 Å². The molecule has 3 aliphatic carbocycles. The molecule has 0 saturated carbocycles. The molecule has 0 spiro atoms. The molecule has 4 heteroatoms. The maximum Gasteiger partial charge on any atom is 0.234 e. The minimum absolute atomic E-state index is 0.167. The smallest absolute Gasteiger partial charge is 0.234 e. The van der Waals surface area contributed by atoms with Crippen LogP contribution in [0.4, 0.5) is 0 Å². The Morgan fingerprint density at radius 3 is 1.33 bits per heavy atom. The summed E-state index contributed by atoms with van der Waals surface area (Å²) in [5.41, 5.74) is 5.32. The first-order valence-electron chi connectivity index (χ1n) is 13.7. The molecule has 0 aromatic heterocycles. The number of carbonyl (C=O) groups is 2. The summed E-state index contributed by atoms with van der Waals surface area (Å²) in [6, 6.07) is 34.2. The molecule has 1 fully saturated rings. The van der Waals surface area contributed by atoms with Crippen LogP contribution in [0.5, 0.6) is 0 Å². The third-order valence-electron chi connectivity index (χ3n) is 9.40. The fourth-order valence-electron chi connectivity index (χ4n) is 7.65. The maximum atomic E-state index is 14.3. The minimum atomic E-state index is -0.952. The SMILES string of the molecule is C[C@@H]([C@H](O)c1ccccc1)N1C(=O)[C@@H]2C3c4cc5ccccc5cc4C(c4cc5ccccc5cc43)[C@@H]2C1=O. The van der Waals surface area contributed by atoms with Gasteiger partial charge in [-0.15, -0.1) is 0 Å². The topological polar surface area (TPSA) is 57.6 Å². The number of aliphatic hydroxyl groups excluding tert-OH is 1. The van der Waals surface area contributed by atoms with Crippen LogP contribution < -0.4 is 0 Å². The lowest BCUT2D eigenvalue weighted by molar-refractivity contribution is -0.145. The normalized spacial score (nSPS) is 24.5. The molecule has 2 amide bonds. The number of fused-ring (bicyclic) bond motifs is 2. The first-order valence-corrected chi connectivity index (χ1v) is 13.7. The van der Waals surface area contributed by atoms with E-state index in [1.807, 2.05) is 54.6 Å². The summed E-state index contributed by atoms with van der Waals surface area (Å²) in [6.45, 7) is 1.79. The Morgan fingerprint density at radius 1 is 0.590 bits per heavy atom. The zero-order valence-electron chi connectivity index (χ0n) is 21.5. The maximum absolute atomic E-state index is 14.3. The van der Waals surface area contributed by atoms with Crippen molar-refractivity contribution >= 4 is 33.4 Å². The highest BCUT2D eigenvalue weighted by Gasteiger charge is 2.62. The molecule has 4 aliphatic rings. The third-order valence-corrected chi connectivity index (χ3v) is 9.40. The van der Waals surface area contributed by atoms with Crippen molar-refractivity contribution in [1.82, 2.24) is 4.90 Å². The van der Waals surface area contributed by atoms with Gasteiger partial charge in [0.2, 0.25) is 11.8 Å². The van der Waals surface area contributed by atoms with Crippen LogP contribution in [0.1, 0.15) is 52.7 Å². The predicted molar refractivity (Wildman–Crippen MR) is 151 cm³/mol. The summed E-state index contributed by atoms with van der Waals surface area (Å²) in [5, 5.41) is 15.8. The minimum Gasteiger partial charge on any atom is -0.386 e. The van der Waals surface area contributed by atoms with Crippen molar-refractivity contribution in [2.24, 2.45) is 11.8 Å². The van der Waals surface area contributed by atoms with Crippen molar-refractivity contribution in [3.63, 3.8) is 0 Å². The van der Waals surface area contributed by atoms with Crippen LogP contribution in [-0.2, 0) is 9.59 Å². The van der Waals surface area contributed by atoms with Gasteiger partial charge in [-0.25, -0.2) is 0 Å². The number of amides is 2. The fourth-order valence-corrected chi connectivity index (χ4v) is 7.65. The lowest BCUT2D eigenvalue weighted by atomic mass is 9.54. The van der Waals surface area contributed by atoms with Crippen molar-refractivity contribution in [2.45, 2.75) is 30.9 Å². The number of benzene rings is 5. The molecule has 1 heterocycles. The highest BCUT2D eigenvalue weighted by Crippen LogP contribution is 2.62. The summed E-state index contributed by atoms with van der Waals surface area (Å²) < 4.78 is 0. The Kier molecular flexibility index (Phi) is 4.72. The molecule has 0 unspecified atom stereocenters. The fraction of sp³-hybridized carbons (Fsp3) is 0.200. The van der Waals surface area contributed by atoms with Crippen molar-refractivity contribution in [3.05, 3.63) is 131 Å². The van der Waals surface area contributed by atoms with Crippen LogP contribution in [-0.4, -0.2) is 27.9 Å². The van der Waals surface area contributed by atoms with E-state index in [1.165, 1.54) is 4.90 Å². The third kappa shape index (κ3) is 3.04. The number of hydrogen-bond donors (Lipinski definition) is 1. The van der Waals surface area contributed by atoms with Gasteiger partial charge in [0.1, 0.15) is 0 Å². The summed E-state index contributed by atoms with van der Waals surface area (Å²) in [7, 11) is 0. The van der Waals surface area contributed by atoms with Gasteiger partial charge in [-0.05, 0) is 56.3 Å². The van der Waals surface area contributed by atoms with E-state index in [1.54, 1.807) is 6.92 Å². The Hall–Kier alpha value is -4.28. The molecule has 0 radical (unpaired) electrons. The van der Waals surface area contributed by atoms with Gasteiger partial charge in [0.25, 0.3) is 0 Å². The summed E-state index contributed by atoms with van der Waals surface area (Å²) >= 11 is 0. The number of nitrogens with zero attached hydrogens (tertiary/aromatic N) is 1. The molecule has 4 atom stereocenters. The monoisotopic (exact) mass is 509 g/mol. The van der Waals surface area contributed by atoms with Gasteiger partial charge in [-0.2, -0.15) is 0 Å². The van der Waals surface area contributed by atoms with E-state index in [9.17, 15) is 14.7 Å². The molecule has 39 heavy (non-hydrogen) atoms. The lowest BCUT2D eigenvalue weighted by Crippen LogP contribution is -2.42. The van der Waals surface area contributed by atoms with Crippen molar-refractivity contribution in [1.29, 1.82) is 0 Å². The second-order valence-electron chi connectivity index (χ2n) is 11.3. The van der Waals surface area contributed by atoms with Crippen LogP contribution in [0, 0.1) is 11.8 Å². The van der Waals surface area contributed by atoms with Gasteiger partial charge in [0, 0.05) is 11.8 Å². The average molecular weight is 510 g/mol. The first-order chi connectivity index (χ1) is 19.0. The van der Waals surface area contributed by atoms with E-state index in [0.717, 1.165) is 43.8 Å². The van der Waals surface area contributed by atoms with E-state index in [-0.39, 0.29) is 23.7 Å². The van der Waals surface area contributed by atoms with Crippen molar-refractivity contribution < 1.29 is 14.7 Å². The molecule has 9 rings (SSSR count). The summed E-state index contributed by atoms with van der Waals surface area (Å²) in [6.07, 6.45) is -0.952. The van der Waals surface area contributed by atoms with E-state index in [4.69, 9.17) is 0 Å². The quantitative estimate of drug-likeness (QED) is 0.290. The molecular weight excluding hydrogens is 482 g/mol. The van der Waals surface area contributed by atoms with Crippen LogP contribution in [0.3, 0.4) is 0 Å². The first kappa shape index (κ1) is 22.7. The molecule has 2 bridgehead atoms. The van der Waals surface area contributed by atoms with E-state index >= 15 is 0 Å². The Balaban J connectivity index is 1.32. The van der Waals surface area contributed by atoms with Crippen molar-refractivity contribution in [2.75, 3.05) is 0 Å². The number of imide groups is 1. The van der Waals surface area contributed by atoms with Crippen molar-refractivity contribution in [3.8, 4) is 0 Å². The Bertz CT molecular complexity index is 1630. The Morgan fingerprint density at radius 2 is 0.949 bits per heavy atom. The van der Waals surface area contributed by atoms with Crippen LogP contribution in [0.25, 0.3) is 21.5 Å². The highest BCUT2D eigenvalue weighted by atomic mass is 16.3. The number of hydrogen-bond acceptors (Lipinski definition) is 3. The second-order valence-corrected chi connectivity index (χ2v) is 11.3. The van der Waals surface area contributed by atoms with E-state index in [0.29, 0.717) is 5.56 Å². The molecule has 4 nitrogen and oxygen atoms in total. The number of likely N-dealkylation sites (tertiary alicyclic amines) is 1. The molecule has 1 N–H and O–H groups in total.